The number of rotatable bonds is 6. The maximum absolute atomic E-state index is 12.3. The van der Waals surface area contributed by atoms with Crippen molar-refractivity contribution in [1.82, 2.24) is 10.2 Å². The van der Waals surface area contributed by atoms with E-state index >= 15 is 0 Å². The van der Waals surface area contributed by atoms with Gasteiger partial charge in [0.25, 0.3) is 0 Å². The molecule has 5 heteroatoms. The van der Waals surface area contributed by atoms with Crippen molar-refractivity contribution in [2.24, 2.45) is 5.92 Å². The van der Waals surface area contributed by atoms with Crippen molar-refractivity contribution in [3.05, 3.63) is 0 Å². The van der Waals surface area contributed by atoms with Gasteiger partial charge in [-0.1, -0.05) is 26.2 Å². The Hall–Kier alpha value is -1.26. The summed E-state index contributed by atoms with van der Waals surface area (Å²) in [5.41, 5.74) is 0. The van der Waals surface area contributed by atoms with Crippen LogP contribution in [-0.2, 0) is 4.79 Å². The second kappa shape index (κ2) is 8.12. The molecule has 0 aromatic heterocycles. The predicted octanol–water partition coefficient (Wildman–Crippen LogP) is 2.85. The van der Waals surface area contributed by atoms with Crippen molar-refractivity contribution >= 4 is 12.0 Å². The van der Waals surface area contributed by atoms with Gasteiger partial charge in [-0.25, -0.2) is 4.79 Å². The lowest BCUT2D eigenvalue weighted by Gasteiger charge is -2.33. The number of hydrogen-bond donors (Lipinski definition) is 2. The Bertz CT molecular complexity index is 325. The molecule has 0 saturated heterocycles. The van der Waals surface area contributed by atoms with E-state index in [0.29, 0.717) is 5.92 Å². The molecule has 0 spiro atoms. The molecule has 1 fully saturated rings. The molecule has 1 rings (SSSR count). The van der Waals surface area contributed by atoms with Crippen LogP contribution < -0.4 is 5.32 Å². The van der Waals surface area contributed by atoms with E-state index in [1.807, 2.05) is 13.8 Å². The Balaban J connectivity index is 2.61. The quantitative estimate of drug-likeness (QED) is 0.788. The molecule has 1 saturated carbocycles. The number of carboxylic acids is 1. The zero-order valence-electron chi connectivity index (χ0n) is 12.9. The van der Waals surface area contributed by atoms with Gasteiger partial charge in [-0.3, -0.25) is 4.79 Å². The summed E-state index contributed by atoms with van der Waals surface area (Å²) in [7, 11) is 0. The topological polar surface area (TPSA) is 69.6 Å². The summed E-state index contributed by atoms with van der Waals surface area (Å²) in [6.07, 6.45) is 6.99. The first-order chi connectivity index (χ1) is 9.45. The third-order valence-electron chi connectivity index (χ3n) is 4.16. The predicted molar refractivity (Wildman–Crippen MR) is 78.7 cm³/mol. The van der Waals surface area contributed by atoms with E-state index in [1.165, 1.54) is 37.0 Å². The molecule has 0 aliphatic heterocycles. The molecule has 1 unspecified atom stereocenters. The largest absolute Gasteiger partial charge is 0.480 e. The molecule has 1 aliphatic carbocycles. The standard InChI is InChI=1S/C15H28N2O3/c1-4-13(12-8-6-5-7-9-12)16-15(20)17(11(2)3)10-14(18)19/h11-13H,4-10H2,1-3H3,(H,16,20)(H,18,19). The SMILES string of the molecule is CCC(NC(=O)N(CC(=O)O)C(C)C)C1CCCCC1. The van der Waals surface area contributed by atoms with E-state index in [2.05, 4.69) is 12.2 Å². The average molecular weight is 284 g/mol. The molecule has 0 bridgehead atoms. The molecular weight excluding hydrogens is 256 g/mol. The maximum Gasteiger partial charge on any atom is 0.323 e. The van der Waals surface area contributed by atoms with Gasteiger partial charge in [-0.15, -0.1) is 0 Å². The fraction of sp³-hybridized carbons (Fsp3) is 0.867. The number of nitrogens with one attached hydrogen (secondary N) is 1. The summed E-state index contributed by atoms with van der Waals surface area (Å²) < 4.78 is 0. The van der Waals surface area contributed by atoms with E-state index in [1.54, 1.807) is 0 Å². The minimum absolute atomic E-state index is 0.116. The zero-order chi connectivity index (χ0) is 15.1. The second-order valence-corrected chi connectivity index (χ2v) is 5.98. The van der Waals surface area contributed by atoms with Gasteiger partial charge in [0.05, 0.1) is 0 Å². The van der Waals surface area contributed by atoms with Gasteiger partial charge in [0, 0.05) is 12.1 Å². The molecule has 5 nitrogen and oxygen atoms in total. The lowest BCUT2D eigenvalue weighted by molar-refractivity contribution is -0.138. The van der Waals surface area contributed by atoms with Gasteiger partial charge in [0.2, 0.25) is 0 Å². The van der Waals surface area contributed by atoms with Crippen molar-refractivity contribution in [2.75, 3.05) is 6.54 Å². The summed E-state index contributed by atoms with van der Waals surface area (Å²) in [6, 6.07) is -0.201. The van der Waals surface area contributed by atoms with E-state index < -0.39 is 5.97 Å². The Morgan fingerprint density at radius 2 is 1.85 bits per heavy atom. The molecule has 2 amide bonds. The first-order valence-corrected chi connectivity index (χ1v) is 7.74. The van der Waals surface area contributed by atoms with Gasteiger partial charge in [-0.2, -0.15) is 0 Å². The van der Waals surface area contributed by atoms with Crippen LogP contribution in [0.1, 0.15) is 59.3 Å². The summed E-state index contributed by atoms with van der Waals surface area (Å²) in [5, 5.41) is 11.9. The number of carbonyl (C=O) groups is 2. The summed E-state index contributed by atoms with van der Waals surface area (Å²) in [4.78, 5) is 24.5. The van der Waals surface area contributed by atoms with Crippen LogP contribution in [0.5, 0.6) is 0 Å². The smallest absolute Gasteiger partial charge is 0.323 e. The number of nitrogens with zero attached hydrogens (tertiary/aromatic N) is 1. The molecular formula is C15H28N2O3. The molecule has 1 aliphatic rings. The summed E-state index contributed by atoms with van der Waals surface area (Å²) in [5.74, 6) is -0.434. The highest BCUT2D eigenvalue weighted by molar-refractivity contribution is 5.80. The molecule has 20 heavy (non-hydrogen) atoms. The third kappa shape index (κ3) is 5.02. The van der Waals surface area contributed by atoms with Crippen molar-refractivity contribution in [3.8, 4) is 0 Å². The van der Waals surface area contributed by atoms with Crippen molar-refractivity contribution in [1.29, 1.82) is 0 Å². The van der Waals surface area contributed by atoms with Crippen molar-refractivity contribution < 1.29 is 14.7 Å². The van der Waals surface area contributed by atoms with Crippen LogP contribution in [0.2, 0.25) is 0 Å². The Morgan fingerprint density at radius 3 is 2.30 bits per heavy atom. The molecule has 0 aromatic carbocycles. The van der Waals surface area contributed by atoms with E-state index in [9.17, 15) is 9.59 Å². The van der Waals surface area contributed by atoms with E-state index in [0.717, 1.165) is 6.42 Å². The Morgan fingerprint density at radius 1 is 1.25 bits per heavy atom. The highest BCUT2D eigenvalue weighted by Gasteiger charge is 2.27. The van der Waals surface area contributed by atoms with Crippen LogP contribution in [0, 0.1) is 5.92 Å². The molecule has 2 N–H and O–H groups in total. The highest BCUT2D eigenvalue weighted by Crippen LogP contribution is 2.27. The Kier molecular flexibility index (Phi) is 6.82. The molecule has 116 valence electrons. The highest BCUT2D eigenvalue weighted by atomic mass is 16.4. The zero-order valence-corrected chi connectivity index (χ0v) is 12.9. The first-order valence-electron chi connectivity index (χ1n) is 7.74. The maximum atomic E-state index is 12.3. The number of hydrogen-bond acceptors (Lipinski definition) is 2. The molecule has 0 aromatic rings. The van der Waals surface area contributed by atoms with Crippen LogP contribution in [-0.4, -0.2) is 40.6 Å². The number of amides is 2. The van der Waals surface area contributed by atoms with Gasteiger partial charge >= 0.3 is 12.0 Å². The molecule has 1 atom stereocenters. The van der Waals surface area contributed by atoms with Crippen LogP contribution in [0.3, 0.4) is 0 Å². The van der Waals surface area contributed by atoms with E-state index in [4.69, 9.17) is 5.11 Å². The lowest BCUT2D eigenvalue weighted by atomic mass is 9.83. The summed E-state index contributed by atoms with van der Waals surface area (Å²) >= 11 is 0. The summed E-state index contributed by atoms with van der Waals surface area (Å²) in [6.45, 7) is 5.51. The van der Waals surface area contributed by atoms with Crippen LogP contribution in [0.25, 0.3) is 0 Å². The number of carboxylic acid groups (broad SMARTS) is 1. The first kappa shape index (κ1) is 16.8. The number of aliphatic carboxylic acids is 1. The fourth-order valence-electron chi connectivity index (χ4n) is 2.97. The van der Waals surface area contributed by atoms with Crippen molar-refractivity contribution in [3.63, 3.8) is 0 Å². The normalized spacial score (nSPS) is 17.8. The molecule has 0 heterocycles. The fourth-order valence-corrected chi connectivity index (χ4v) is 2.97. The van der Waals surface area contributed by atoms with Gasteiger partial charge in [-0.05, 0) is 39.0 Å². The minimum atomic E-state index is -0.973. The van der Waals surface area contributed by atoms with Gasteiger partial charge in [0.1, 0.15) is 6.54 Å². The Labute approximate surface area is 121 Å². The molecule has 0 radical (unpaired) electrons. The van der Waals surface area contributed by atoms with Gasteiger partial charge in [0.15, 0.2) is 0 Å². The second-order valence-electron chi connectivity index (χ2n) is 5.98. The average Bonchev–Trinajstić information content (AvgIpc) is 2.42. The van der Waals surface area contributed by atoms with Crippen LogP contribution in [0.15, 0.2) is 0 Å². The van der Waals surface area contributed by atoms with Crippen LogP contribution >= 0.6 is 0 Å². The third-order valence-corrected chi connectivity index (χ3v) is 4.16. The minimum Gasteiger partial charge on any atom is -0.480 e. The van der Waals surface area contributed by atoms with Gasteiger partial charge < -0.3 is 15.3 Å². The monoisotopic (exact) mass is 284 g/mol. The van der Waals surface area contributed by atoms with E-state index in [-0.39, 0.29) is 24.7 Å². The number of carbonyl (C=O) groups excluding carboxylic acids is 1. The lowest BCUT2D eigenvalue weighted by Crippen LogP contribution is -2.51. The van der Waals surface area contributed by atoms with Crippen molar-refractivity contribution in [2.45, 2.75) is 71.4 Å². The number of urea groups is 1. The van der Waals surface area contributed by atoms with Crippen LogP contribution in [0.4, 0.5) is 4.79 Å².